The third-order valence-corrected chi connectivity index (χ3v) is 5.60. The molecule has 2 fully saturated rings. The number of nitrogens with zero attached hydrogens (tertiary/aromatic N) is 5. The first-order chi connectivity index (χ1) is 14.2. The van der Waals surface area contributed by atoms with E-state index in [1.54, 1.807) is 6.33 Å². The molecule has 0 amide bonds. The van der Waals surface area contributed by atoms with E-state index in [1.165, 1.54) is 5.56 Å². The standard InChI is InChI=1S/C19H29N7O.C2H6/c1-13(2)26-12-23-25-19(26)27-11-14-7-15(8-14)16-9-21-18(22-10-16)24-17-3-5-20-6-4-17;1-2/h9-10,12-15,17,20H,3-8,11H2,1-2H3,(H,21,22,24);1-2H3. The summed E-state index contributed by atoms with van der Waals surface area (Å²) in [6, 6.07) is 1.40. The van der Waals surface area contributed by atoms with Gasteiger partial charge in [-0.15, -0.1) is 5.10 Å². The molecule has 160 valence electrons. The number of piperidine rings is 1. The van der Waals surface area contributed by atoms with Gasteiger partial charge in [-0.2, -0.15) is 0 Å². The Hall–Kier alpha value is -2.22. The van der Waals surface area contributed by atoms with Crippen LogP contribution in [0.4, 0.5) is 5.95 Å². The van der Waals surface area contributed by atoms with Crippen molar-refractivity contribution >= 4 is 5.95 Å². The average molecular weight is 402 g/mol. The molecule has 0 spiro atoms. The van der Waals surface area contributed by atoms with Gasteiger partial charge in [0.25, 0.3) is 0 Å². The van der Waals surface area contributed by atoms with Gasteiger partial charge in [0.2, 0.25) is 5.95 Å². The molecule has 1 saturated heterocycles. The van der Waals surface area contributed by atoms with Crippen molar-refractivity contribution in [1.82, 2.24) is 30.0 Å². The molecule has 8 heteroatoms. The molecule has 2 aromatic rings. The van der Waals surface area contributed by atoms with Crippen LogP contribution in [0.25, 0.3) is 0 Å². The van der Waals surface area contributed by atoms with E-state index >= 15 is 0 Å². The van der Waals surface area contributed by atoms with Gasteiger partial charge in [0.1, 0.15) is 6.33 Å². The monoisotopic (exact) mass is 401 g/mol. The van der Waals surface area contributed by atoms with Gasteiger partial charge in [0.15, 0.2) is 0 Å². The summed E-state index contributed by atoms with van der Waals surface area (Å²) >= 11 is 0. The molecule has 2 N–H and O–H groups in total. The SMILES string of the molecule is CC.CC(C)n1cnnc1OCC1CC(c2cnc(NC3CCNCC3)nc2)C1. The van der Waals surface area contributed by atoms with Crippen molar-refractivity contribution in [3.63, 3.8) is 0 Å². The van der Waals surface area contributed by atoms with Gasteiger partial charge in [0.05, 0.1) is 6.61 Å². The van der Waals surface area contributed by atoms with Crippen molar-refractivity contribution in [2.75, 3.05) is 25.0 Å². The van der Waals surface area contributed by atoms with E-state index in [0.29, 0.717) is 36.5 Å². The Kier molecular flexibility index (Phi) is 7.80. The van der Waals surface area contributed by atoms with E-state index in [9.17, 15) is 0 Å². The van der Waals surface area contributed by atoms with Gasteiger partial charge >= 0.3 is 6.01 Å². The molecule has 3 heterocycles. The Labute approximate surface area is 173 Å². The van der Waals surface area contributed by atoms with Crippen LogP contribution in [-0.4, -0.2) is 50.5 Å². The van der Waals surface area contributed by atoms with E-state index in [1.807, 2.05) is 30.8 Å². The molecule has 2 aliphatic rings. The predicted molar refractivity (Wildman–Crippen MR) is 114 cm³/mol. The van der Waals surface area contributed by atoms with Crippen LogP contribution in [0.15, 0.2) is 18.7 Å². The number of hydrogen-bond acceptors (Lipinski definition) is 7. The molecular formula is C21H35N7O. The maximum Gasteiger partial charge on any atom is 0.316 e. The molecule has 1 aliphatic heterocycles. The summed E-state index contributed by atoms with van der Waals surface area (Å²) in [6.45, 7) is 11.0. The van der Waals surface area contributed by atoms with Crippen LogP contribution in [0, 0.1) is 5.92 Å². The highest BCUT2D eigenvalue weighted by atomic mass is 16.5. The molecule has 8 nitrogen and oxygen atoms in total. The van der Waals surface area contributed by atoms with Crippen LogP contribution in [0.2, 0.25) is 0 Å². The normalized spacial score (nSPS) is 21.8. The Morgan fingerprint density at radius 3 is 2.52 bits per heavy atom. The summed E-state index contributed by atoms with van der Waals surface area (Å²) in [4.78, 5) is 9.05. The van der Waals surface area contributed by atoms with Gasteiger partial charge in [-0.25, -0.2) is 9.97 Å². The van der Waals surface area contributed by atoms with E-state index < -0.39 is 0 Å². The second-order valence-electron chi connectivity index (χ2n) is 7.97. The lowest BCUT2D eigenvalue weighted by atomic mass is 9.72. The van der Waals surface area contributed by atoms with Crippen LogP contribution in [0.5, 0.6) is 6.01 Å². The van der Waals surface area contributed by atoms with E-state index in [4.69, 9.17) is 4.74 Å². The second-order valence-corrected chi connectivity index (χ2v) is 7.97. The molecule has 4 rings (SSSR count). The van der Waals surface area contributed by atoms with Gasteiger partial charge in [-0.05, 0) is 70.0 Å². The van der Waals surface area contributed by atoms with Crippen LogP contribution >= 0.6 is 0 Å². The molecular weight excluding hydrogens is 366 g/mol. The first-order valence-electron chi connectivity index (χ1n) is 11.0. The lowest BCUT2D eigenvalue weighted by molar-refractivity contribution is 0.143. The molecule has 0 radical (unpaired) electrons. The van der Waals surface area contributed by atoms with Crippen LogP contribution in [0.3, 0.4) is 0 Å². The number of hydrogen-bond donors (Lipinski definition) is 2. The summed E-state index contributed by atoms with van der Waals surface area (Å²) in [6.07, 6.45) is 10.2. The van der Waals surface area contributed by atoms with Crippen molar-refractivity contribution in [2.24, 2.45) is 5.92 Å². The van der Waals surface area contributed by atoms with Crippen molar-refractivity contribution in [3.8, 4) is 6.01 Å². The van der Waals surface area contributed by atoms with Gasteiger partial charge in [-0.3, -0.25) is 4.57 Å². The van der Waals surface area contributed by atoms with Crippen molar-refractivity contribution in [1.29, 1.82) is 0 Å². The molecule has 0 bridgehead atoms. The minimum Gasteiger partial charge on any atom is -0.463 e. The highest BCUT2D eigenvalue weighted by molar-refractivity contribution is 5.28. The van der Waals surface area contributed by atoms with Gasteiger partial charge < -0.3 is 15.4 Å². The van der Waals surface area contributed by atoms with E-state index in [2.05, 4.69) is 44.6 Å². The van der Waals surface area contributed by atoms with Crippen LogP contribution in [-0.2, 0) is 0 Å². The minimum atomic E-state index is 0.304. The van der Waals surface area contributed by atoms with Crippen LogP contribution < -0.4 is 15.4 Å². The first-order valence-corrected chi connectivity index (χ1v) is 11.0. The van der Waals surface area contributed by atoms with Crippen molar-refractivity contribution in [2.45, 2.75) is 71.4 Å². The number of anilines is 1. The highest BCUT2D eigenvalue weighted by Crippen LogP contribution is 2.41. The van der Waals surface area contributed by atoms with Crippen molar-refractivity contribution in [3.05, 3.63) is 24.3 Å². The number of ether oxygens (including phenoxy) is 1. The Morgan fingerprint density at radius 2 is 1.86 bits per heavy atom. The predicted octanol–water partition coefficient (Wildman–Crippen LogP) is 3.41. The van der Waals surface area contributed by atoms with Gasteiger partial charge in [-0.1, -0.05) is 18.9 Å². The summed E-state index contributed by atoms with van der Waals surface area (Å²) in [5.41, 5.74) is 1.23. The van der Waals surface area contributed by atoms with Crippen LogP contribution in [0.1, 0.15) is 70.9 Å². The van der Waals surface area contributed by atoms with Gasteiger partial charge in [0, 0.05) is 24.5 Å². The zero-order chi connectivity index (χ0) is 20.6. The maximum absolute atomic E-state index is 5.87. The number of rotatable bonds is 7. The fourth-order valence-electron chi connectivity index (χ4n) is 3.80. The zero-order valence-electron chi connectivity index (χ0n) is 18.1. The minimum absolute atomic E-state index is 0.304. The quantitative estimate of drug-likeness (QED) is 0.735. The molecule has 29 heavy (non-hydrogen) atoms. The molecule has 0 atom stereocenters. The molecule has 0 unspecified atom stereocenters. The lowest BCUT2D eigenvalue weighted by Crippen LogP contribution is -2.35. The Morgan fingerprint density at radius 1 is 1.17 bits per heavy atom. The summed E-state index contributed by atoms with van der Waals surface area (Å²) in [5.74, 6) is 1.84. The zero-order valence-corrected chi connectivity index (χ0v) is 18.1. The fraction of sp³-hybridized carbons (Fsp3) is 0.714. The molecule has 2 aromatic heterocycles. The second kappa shape index (κ2) is 10.5. The molecule has 1 saturated carbocycles. The number of nitrogens with one attached hydrogen (secondary N) is 2. The summed E-state index contributed by atoms with van der Waals surface area (Å²) < 4.78 is 7.83. The topological polar surface area (TPSA) is 89.8 Å². The third kappa shape index (κ3) is 5.65. The Bertz CT molecular complexity index is 719. The molecule has 1 aliphatic carbocycles. The number of aromatic nitrogens is 5. The smallest absolute Gasteiger partial charge is 0.316 e. The summed E-state index contributed by atoms with van der Waals surface area (Å²) in [7, 11) is 0. The van der Waals surface area contributed by atoms with E-state index in [-0.39, 0.29) is 0 Å². The fourth-order valence-corrected chi connectivity index (χ4v) is 3.80. The van der Waals surface area contributed by atoms with Crippen molar-refractivity contribution < 1.29 is 4.74 Å². The highest BCUT2D eigenvalue weighted by Gasteiger charge is 2.31. The Balaban J connectivity index is 0.00000117. The largest absolute Gasteiger partial charge is 0.463 e. The van der Waals surface area contributed by atoms with E-state index in [0.717, 1.165) is 44.7 Å². The third-order valence-electron chi connectivity index (χ3n) is 5.60. The summed E-state index contributed by atoms with van der Waals surface area (Å²) in [5, 5.41) is 14.8. The lowest BCUT2D eigenvalue weighted by Gasteiger charge is -2.35. The molecule has 0 aromatic carbocycles. The first kappa shape index (κ1) is 21.5. The maximum atomic E-state index is 5.87. The average Bonchev–Trinajstić information content (AvgIpc) is 3.19.